The molecule has 1 aliphatic heterocycles. The number of hydrogen-bond donors (Lipinski definition) is 2. The van der Waals surface area contributed by atoms with E-state index in [0.717, 1.165) is 25.7 Å². The molecule has 0 aromatic heterocycles. The Hall–Kier alpha value is -3.84. The highest BCUT2D eigenvalue weighted by Crippen LogP contribution is 2.42. The number of nitrogens with zero attached hydrogens (tertiary/aromatic N) is 1. The van der Waals surface area contributed by atoms with E-state index in [-0.39, 0.29) is 45.6 Å². The molecule has 4 rings (SSSR count). The Labute approximate surface area is 264 Å². The van der Waals surface area contributed by atoms with E-state index in [4.69, 9.17) is 9.15 Å². The van der Waals surface area contributed by atoms with Crippen molar-refractivity contribution in [1.29, 1.82) is 0 Å². The molecule has 0 radical (unpaired) electrons. The lowest BCUT2D eigenvalue weighted by Gasteiger charge is -2.18. The van der Waals surface area contributed by atoms with Gasteiger partial charge in [0.2, 0.25) is 10.0 Å². The zero-order valence-corrected chi connectivity index (χ0v) is 27.2. The summed E-state index contributed by atoms with van der Waals surface area (Å²) in [6, 6.07) is 15.5. The van der Waals surface area contributed by atoms with E-state index >= 15 is 0 Å². The van der Waals surface area contributed by atoms with Crippen LogP contribution in [-0.4, -0.2) is 47.1 Å². The third-order valence-electron chi connectivity index (χ3n) is 7.49. The summed E-state index contributed by atoms with van der Waals surface area (Å²) >= 11 is 0. The molecular formula is C33H38N2O8S2. The number of rotatable bonds is 14. The van der Waals surface area contributed by atoms with Gasteiger partial charge in [0, 0.05) is 46.3 Å². The second kappa shape index (κ2) is 14.5. The summed E-state index contributed by atoms with van der Waals surface area (Å²) in [6.07, 6.45) is 3.82. The third kappa shape index (κ3) is 8.26. The van der Waals surface area contributed by atoms with Gasteiger partial charge in [-0.05, 0) is 49.6 Å². The maximum Gasteiger partial charge on any atom is 0.333 e. The van der Waals surface area contributed by atoms with Crippen molar-refractivity contribution in [2.75, 3.05) is 19.7 Å². The predicted octanol–water partition coefficient (Wildman–Crippen LogP) is 5.97. The summed E-state index contributed by atoms with van der Waals surface area (Å²) < 4.78 is 75.5. The maximum absolute atomic E-state index is 13.3. The van der Waals surface area contributed by atoms with Crippen LogP contribution in [0.25, 0.3) is 33.4 Å². The lowest BCUT2D eigenvalue weighted by atomic mass is 9.93. The Morgan fingerprint density at radius 3 is 2.49 bits per heavy atom. The van der Waals surface area contributed by atoms with Crippen LogP contribution in [0, 0.1) is 5.92 Å². The summed E-state index contributed by atoms with van der Waals surface area (Å²) in [7, 11) is -8.51. The van der Waals surface area contributed by atoms with E-state index in [1.165, 1.54) is 24.3 Å². The molecule has 10 nitrogen and oxygen atoms in total. The second-order valence-electron chi connectivity index (χ2n) is 10.9. The van der Waals surface area contributed by atoms with Gasteiger partial charge in [-0.1, -0.05) is 57.9 Å². The number of carbonyl (C=O) groups excluding carboxylic acids is 1. The van der Waals surface area contributed by atoms with E-state index in [1.807, 2.05) is 6.92 Å². The van der Waals surface area contributed by atoms with Crippen molar-refractivity contribution in [2.45, 2.75) is 56.2 Å². The molecule has 240 valence electrons. The van der Waals surface area contributed by atoms with Crippen LogP contribution in [0.5, 0.6) is 0 Å². The van der Waals surface area contributed by atoms with Gasteiger partial charge in [0.1, 0.15) is 22.8 Å². The topological polar surface area (TPSA) is 152 Å². The second-order valence-corrected chi connectivity index (χ2v) is 14.0. The van der Waals surface area contributed by atoms with Crippen LogP contribution in [-0.2, 0) is 29.7 Å². The highest BCUT2D eigenvalue weighted by Gasteiger charge is 2.25. The minimum absolute atomic E-state index is 0.00219. The molecule has 45 heavy (non-hydrogen) atoms. The number of carbonyl (C=O) groups is 1. The number of ether oxygens (including phenoxy) is 1. The molecule has 0 saturated carbocycles. The first kappa shape index (κ1) is 34.0. The molecule has 0 bridgehead atoms. The Morgan fingerprint density at radius 2 is 1.80 bits per heavy atom. The number of benzene rings is 3. The molecule has 1 aliphatic carbocycles. The molecule has 0 amide bonds. The Morgan fingerprint density at radius 1 is 1.04 bits per heavy atom. The van der Waals surface area contributed by atoms with Crippen molar-refractivity contribution in [3.05, 3.63) is 78.2 Å². The first-order valence-corrected chi connectivity index (χ1v) is 17.7. The normalized spacial score (nSPS) is 13.3. The van der Waals surface area contributed by atoms with Crippen LogP contribution < -0.4 is 10.1 Å². The van der Waals surface area contributed by atoms with Crippen molar-refractivity contribution in [3.8, 4) is 22.5 Å². The average Bonchev–Trinajstić information content (AvgIpc) is 3.01. The first-order chi connectivity index (χ1) is 21.4. The molecule has 0 spiro atoms. The zero-order chi connectivity index (χ0) is 32.8. The van der Waals surface area contributed by atoms with E-state index in [2.05, 4.69) is 23.2 Å². The first-order valence-electron chi connectivity index (χ1n) is 14.8. The molecule has 0 fully saturated rings. The molecule has 1 atom stereocenters. The van der Waals surface area contributed by atoms with Gasteiger partial charge in [-0.3, -0.25) is 9.55 Å². The third-order valence-corrected chi connectivity index (χ3v) is 9.83. The van der Waals surface area contributed by atoms with Gasteiger partial charge in [0.25, 0.3) is 10.1 Å². The SMILES string of the molecule is C=C(C)C(=O)OCC/N=c1\ccc2c(-c3ccccc3S(=O)(=O)O)c3ccc(S(=O)(=O)NCC(CC)CCCC)cc3oc-2c1. The number of fused-ring (bicyclic) bond motifs is 2. The van der Waals surface area contributed by atoms with Gasteiger partial charge in [-0.15, -0.1) is 0 Å². The van der Waals surface area contributed by atoms with Crippen molar-refractivity contribution >= 4 is 37.1 Å². The van der Waals surface area contributed by atoms with Crippen LogP contribution in [0.4, 0.5) is 0 Å². The molecule has 2 N–H and O–H groups in total. The molecule has 2 aromatic rings. The number of nitrogens with one attached hydrogen (secondary N) is 1. The fraction of sp³-hybridized carbons (Fsp3) is 0.333. The van der Waals surface area contributed by atoms with Crippen LogP contribution in [0.15, 0.2) is 92.0 Å². The lowest BCUT2D eigenvalue weighted by Crippen LogP contribution is -2.29. The highest BCUT2D eigenvalue weighted by molar-refractivity contribution is 7.89. The van der Waals surface area contributed by atoms with Gasteiger partial charge < -0.3 is 9.15 Å². The number of hydrogen-bond acceptors (Lipinski definition) is 8. The largest absolute Gasteiger partial charge is 0.460 e. The van der Waals surface area contributed by atoms with Gasteiger partial charge in [0.05, 0.1) is 16.8 Å². The summed E-state index contributed by atoms with van der Waals surface area (Å²) in [5.41, 5.74) is 1.64. The van der Waals surface area contributed by atoms with E-state index in [9.17, 15) is 26.2 Å². The predicted molar refractivity (Wildman–Crippen MR) is 173 cm³/mol. The van der Waals surface area contributed by atoms with Gasteiger partial charge in [-0.25, -0.2) is 17.9 Å². The average molecular weight is 655 g/mol. The van der Waals surface area contributed by atoms with Crippen LogP contribution in [0.3, 0.4) is 0 Å². The molecule has 1 unspecified atom stereocenters. The Kier molecular flexibility index (Phi) is 11.0. The molecule has 2 aliphatic rings. The Balaban J connectivity index is 1.85. The zero-order valence-electron chi connectivity index (χ0n) is 25.6. The number of esters is 1. The summed E-state index contributed by atoms with van der Waals surface area (Å²) in [5.74, 6) is -0.00137. The smallest absolute Gasteiger partial charge is 0.333 e. The quantitative estimate of drug-likeness (QED) is 0.0555. The van der Waals surface area contributed by atoms with Crippen molar-refractivity contribution in [1.82, 2.24) is 4.72 Å². The van der Waals surface area contributed by atoms with Crippen molar-refractivity contribution in [2.24, 2.45) is 10.9 Å². The standard InChI is InChI=1S/C33H38N2O8S2/c1-5-7-10-23(6-2)21-35-44(37,38)25-14-16-27-30(20-25)43-29-19-24(34-17-18-42-33(36)22(3)4)13-15-26(29)32(27)28-11-8-9-12-31(28)45(39,40)41/h8-9,11-16,19-20,23,35H,3,5-7,10,17-18,21H2,1-2,4H3,(H,39,40,41)/b34-24+. The van der Waals surface area contributed by atoms with Crippen molar-refractivity contribution < 1.29 is 35.3 Å². The fourth-order valence-corrected chi connectivity index (χ4v) is 6.83. The summed E-state index contributed by atoms with van der Waals surface area (Å²) in [5, 5.41) is 0.942. The van der Waals surface area contributed by atoms with Gasteiger partial charge in [-0.2, -0.15) is 8.42 Å². The van der Waals surface area contributed by atoms with Crippen LogP contribution >= 0.6 is 0 Å². The molecule has 12 heteroatoms. The molecule has 1 heterocycles. The minimum atomic E-state index is -4.61. The molecular weight excluding hydrogens is 617 g/mol. The fourth-order valence-electron chi connectivity index (χ4n) is 5.00. The van der Waals surface area contributed by atoms with Crippen molar-refractivity contribution in [3.63, 3.8) is 0 Å². The van der Waals surface area contributed by atoms with Crippen LogP contribution in [0.2, 0.25) is 0 Å². The minimum Gasteiger partial charge on any atom is -0.460 e. The van der Waals surface area contributed by atoms with E-state index in [0.29, 0.717) is 34.2 Å². The van der Waals surface area contributed by atoms with Gasteiger partial charge >= 0.3 is 5.97 Å². The van der Waals surface area contributed by atoms with E-state index in [1.54, 1.807) is 43.3 Å². The Bertz CT molecular complexity index is 1960. The molecule has 2 aromatic carbocycles. The number of unbranched alkanes of at least 4 members (excludes halogenated alkanes) is 1. The lowest BCUT2D eigenvalue weighted by molar-refractivity contribution is -0.138. The summed E-state index contributed by atoms with van der Waals surface area (Å²) in [6.45, 7) is 9.75. The van der Waals surface area contributed by atoms with E-state index < -0.39 is 26.1 Å². The van der Waals surface area contributed by atoms with Gasteiger partial charge in [0.15, 0.2) is 0 Å². The summed E-state index contributed by atoms with van der Waals surface area (Å²) in [4.78, 5) is 15.8. The number of sulfonamides is 1. The highest BCUT2D eigenvalue weighted by atomic mass is 32.2. The monoisotopic (exact) mass is 654 g/mol. The molecule has 0 saturated heterocycles. The van der Waals surface area contributed by atoms with Crippen LogP contribution in [0.1, 0.15) is 46.5 Å². The maximum atomic E-state index is 13.3.